The van der Waals surface area contributed by atoms with E-state index in [9.17, 15) is 9.90 Å². The van der Waals surface area contributed by atoms with Gasteiger partial charge < -0.3 is 14.3 Å². The highest BCUT2D eigenvalue weighted by molar-refractivity contribution is 5.86. The van der Waals surface area contributed by atoms with Gasteiger partial charge in [-0.05, 0) is 44.9 Å². The zero-order valence-electron chi connectivity index (χ0n) is 13.0. The van der Waals surface area contributed by atoms with E-state index >= 15 is 0 Å². The summed E-state index contributed by atoms with van der Waals surface area (Å²) in [4.78, 5) is 13.6. The lowest BCUT2D eigenvalue weighted by molar-refractivity contribution is 0.0421. The molecule has 1 saturated carbocycles. The van der Waals surface area contributed by atoms with Crippen LogP contribution in [0.15, 0.2) is 16.5 Å². The van der Waals surface area contributed by atoms with Crippen molar-refractivity contribution in [2.45, 2.75) is 44.8 Å². The molecule has 0 spiro atoms. The van der Waals surface area contributed by atoms with Crippen LogP contribution in [0.2, 0.25) is 0 Å². The largest absolute Gasteiger partial charge is 0.463 e. The SMILES string of the molecule is COC(=O)c1ccc(C(C)N(C)CC2CCCCC2O)o1. The molecule has 118 valence electrons. The molecule has 5 heteroatoms. The van der Waals surface area contributed by atoms with Gasteiger partial charge in [0.15, 0.2) is 0 Å². The van der Waals surface area contributed by atoms with Crippen molar-refractivity contribution in [1.82, 2.24) is 4.90 Å². The number of rotatable bonds is 5. The number of carbonyl (C=O) groups excluding carboxylic acids is 1. The number of aliphatic hydroxyl groups excluding tert-OH is 1. The maximum absolute atomic E-state index is 11.4. The van der Waals surface area contributed by atoms with E-state index in [-0.39, 0.29) is 17.9 Å². The topological polar surface area (TPSA) is 62.9 Å². The molecule has 21 heavy (non-hydrogen) atoms. The van der Waals surface area contributed by atoms with Crippen LogP contribution in [0, 0.1) is 5.92 Å². The van der Waals surface area contributed by atoms with Crippen LogP contribution >= 0.6 is 0 Å². The van der Waals surface area contributed by atoms with Crippen LogP contribution < -0.4 is 0 Å². The lowest BCUT2D eigenvalue weighted by Crippen LogP contribution is -2.36. The fourth-order valence-corrected chi connectivity index (χ4v) is 2.93. The summed E-state index contributed by atoms with van der Waals surface area (Å²) in [5.41, 5.74) is 0. The molecule has 3 atom stereocenters. The summed E-state index contributed by atoms with van der Waals surface area (Å²) < 4.78 is 10.2. The van der Waals surface area contributed by atoms with Crippen LogP contribution in [-0.2, 0) is 4.74 Å². The number of nitrogens with zero attached hydrogens (tertiary/aromatic N) is 1. The van der Waals surface area contributed by atoms with E-state index in [1.165, 1.54) is 13.5 Å². The van der Waals surface area contributed by atoms with Crippen molar-refractivity contribution < 1.29 is 19.1 Å². The average Bonchev–Trinajstić information content (AvgIpc) is 2.97. The Labute approximate surface area is 125 Å². The van der Waals surface area contributed by atoms with E-state index in [0.717, 1.165) is 31.6 Å². The predicted molar refractivity (Wildman–Crippen MR) is 79.1 cm³/mol. The Balaban J connectivity index is 1.96. The second kappa shape index (κ2) is 7.09. The highest BCUT2D eigenvalue weighted by Crippen LogP contribution is 2.28. The highest BCUT2D eigenvalue weighted by atomic mass is 16.5. The smallest absolute Gasteiger partial charge is 0.373 e. The fourth-order valence-electron chi connectivity index (χ4n) is 2.93. The Morgan fingerprint density at radius 2 is 2.19 bits per heavy atom. The summed E-state index contributed by atoms with van der Waals surface area (Å²) in [5, 5.41) is 10.1. The minimum atomic E-state index is -0.459. The number of ether oxygens (including phenoxy) is 1. The van der Waals surface area contributed by atoms with Gasteiger partial charge in [0, 0.05) is 6.54 Å². The van der Waals surface area contributed by atoms with Gasteiger partial charge in [0.25, 0.3) is 0 Å². The second-order valence-electron chi connectivity index (χ2n) is 5.92. The van der Waals surface area contributed by atoms with Gasteiger partial charge in [0.1, 0.15) is 5.76 Å². The molecule has 1 aliphatic carbocycles. The van der Waals surface area contributed by atoms with Crippen molar-refractivity contribution in [3.63, 3.8) is 0 Å². The van der Waals surface area contributed by atoms with Crippen LogP contribution in [0.3, 0.4) is 0 Å². The Kier molecular flexibility index (Phi) is 5.42. The molecule has 1 aromatic rings. The van der Waals surface area contributed by atoms with E-state index in [2.05, 4.69) is 9.64 Å². The molecule has 1 heterocycles. The predicted octanol–water partition coefficient (Wildman–Crippen LogP) is 2.61. The van der Waals surface area contributed by atoms with Crippen molar-refractivity contribution in [3.8, 4) is 0 Å². The summed E-state index contributed by atoms with van der Waals surface area (Å²) in [6, 6.07) is 3.50. The minimum Gasteiger partial charge on any atom is -0.463 e. The van der Waals surface area contributed by atoms with Crippen LogP contribution in [0.4, 0.5) is 0 Å². The third-order valence-corrected chi connectivity index (χ3v) is 4.48. The summed E-state index contributed by atoms with van der Waals surface area (Å²) in [5.74, 6) is 0.827. The average molecular weight is 295 g/mol. The molecule has 0 amide bonds. The highest BCUT2D eigenvalue weighted by Gasteiger charge is 2.27. The van der Waals surface area contributed by atoms with Gasteiger partial charge in [-0.1, -0.05) is 12.8 Å². The molecule has 0 bridgehead atoms. The van der Waals surface area contributed by atoms with Gasteiger partial charge in [-0.25, -0.2) is 4.79 Å². The number of esters is 1. The molecule has 0 aliphatic heterocycles. The number of furan rings is 1. The number of carbonyl (C=O) groups is 1. The van der Waals surface area contributed by atoms with Gasteiger partial charge in [-0.2, -0.15) is 0 Å². The molecule has 0 aromatic carbocycles. The molecular weight excluding hydrogens is 270 g/mol. The molecule has 1 aliphatic rings. The molecule has 2 rings (SSSR count). The van der Waals surface area contributed by atoms with E-state index in [1.807, 2.05) is 20.0 Å². The van der Waals surface area contributed by atoms with Gasteiger partial charge in [-0.15, -0.1) is 0 Å². The van der Waals surface area contributed by atoms with E-state index in [1.54, 1.807) is 6.07 Å². The zero-order chi connectivity index (χ0) is 15.4. The van der Waals surface area contributed by atoms with Crippen LogP contribution in [-0.4, -0.2) is 42.8 Å². The van der Waals surface area contributed by atoms with Gasteiger partial charge in [0.05, 0.1) is 19.3 Å². The molecule has 1 aromatic heterocycles. The Hall–Kier alpha value is -1.33. The molecule has 5 nitrogen and oxygen atoms in total. The zero-order valence-corrected chi connectivity index (χ0v) is 13.0. The summed E-state index contributed by atoms with van der Waals surface area (Å²) in [6.07, 6.45) is 4.09. The van der Waals surface area contributed by atoms with Gasteiger partial charge >= 0.3 is 5.97 Å². The summed E-state index contributed by atoms with van der Waals surface area (Å²) in [6.45, 7) is 2.87. The summed E-state index contributed by atoms with van der Waals surface area (Å²) >= 11 is 0. The van der Waals surface area contributed by atoms with Crippen molar-refractivity contribution in [1.29, 1.82) is 0 Å². The van der Waals surface area contributed by atoms with Crippen LogP contribution in [0.25, 0.3) is 0 Å². The van der Waals surface area contributed by atoms with Crippen molar-refractivity contribution >= 4 is 5.97 Å². The van der Waals surface area contributed by atoms with E-state index < -0.39 is 5.97 Å². The van der Waals surface area contributed by atoms with Crippen molar-refractivity contribution in [3.05, 3.63) is 23.7 Å². The van der Waals surface area contributed by atoms with Crippen LogP contribution in [0.1, 0.15) is 55.0 Å². The minimum absolute atomic E-state index is 0.0533. The van der Waals surface area contributed by atoms with Crippen molar-refractivity contribution in [2.75, 3.05) is 20.7 Å². The van der Waals surface area contributed by atoms with Crippen molar-refractivity contribution in [2.24, 2.45) is 5.92 Å². The quantitative estimate of drug-likeness (QED) is 0.846. The molecule has 0 saturated heterocycles. The monoisotopic (exact) mass is 295 g/mol. The molecule has 3 unspecified atom stereocenters. The lowest BCUT2D eigenvalue weighted by atomic mass is 9.86. The lowest BCUT2D eigenvalue weighted by Gasteiger charge is -2.33. The maximum atomic E-state index is 11.4. The standard InChI is InChI=1S/C16H25NO4/c1-11(14-8-9-15(21-14)16(19)20-3)17(2)10-12-6-4-5-7-13(12)18/h8-9,11-13,18H,4-7,10H2,1-3H3. The molecular formula is C16H25NO4. The first-order valence-electron chi connectivity index (χ1n) is 7.59. The normalized spacial score (nSPS) is 24.0. The first-order chi connectivity index (χ1) is 10.0. The van der Waals surface area contributed by atoms with Gasteiger partial charge in [0.2, 0.25) is 5.76 Å². The number of hydrogen-bond donors (Lipinski definition) is 1. The fraction of sp³-hybridized carbons (Fsp3) is 0.688. The summed E-state index contributed by atoms with van der Waals surface area (Å²) in [7, 11) is 3.36. The molecule has 1 N–H and O–H groups in total. The third kappa shape index (κ3) is 3.86. The Morgan fingerprint density at radius 1 is 1.48 bits per heavy atom. The third-order valence-electron chi connectivity index (χ3n) is 4.48. The van der Waals surface area contributed by atoms with Crippen LogP contribution in [0.5, 0.6) is 0 Å². The van der Waals surface area contributed by atoms with E-state index in [0.29, 0.717) is 5.92 Å². The maximum Gasteiger partial charge on any atom is 0.373 e. The number of methoxy groups -OCH3 is 1. The van der Waals surface area contributed by atoms with E-state index in [4.69, 9.17) is 4.42 Å². The first-order valence-corrected chi connectivity index (χ1v) is 7.59. The number of hydrogen-bond acceptors (Lipinski definition) is 5. The second-order valence-corrected chi connectivity index (χ2v) is 5.92. The number of aliphatic hydroxyl groups is 1. The van der Waals surface area contributed by atoms with Gasteiger partial charge in [-0.3, -0.25) is 4.90 Å². The molecule has 1 fully saturated rings. The Morgan fingerprint density at radius 3 is 2.86 bits per heavy atom. The Bertz CT molecular complexity index is 471. The molecule has 0 radical (unpaired) electrons. The first kappa shape index (κ1) is 16.0.